The number of nitrogens with zero attached hydrogens (tertiary/aromatic N) is 2. The minimum Gasteiger partial charge on any atom is -0.307 e. The largest absolute Gasteiger partial charge is 0.307 e. The van der Waals surface area contributed by atoms with Gasteiger partial charge in [-0.2, -0.15) is 0 Å². The Labute approximate surface area is 263 Å². The Morgan fingerprint density at radius 2 is 1.09 bits per heavy atom. The molecular formula is C42H26N2S. The lowest BCUT2D eigenvalue weighted by molar-refractivity contribution is 1.13. The summed E-state index contributed by atoms with van der Waals surface area (Å²) in [5, 5.41) is 7.76. The lowest BCUT2D eigenvalue weighted by Crippen LogP contribution is -2.01. The molecule has 3 heteroatoms. The molecule has 0 saturated carbocycles. The lowest BCUT2D eigenvalue weighted by Gasteiger charge is -2.16. The van der Waals surface area contributed by atoms with Crippen molar-refractivity contribution in [1.29, 1.82) is 0 Å². The zero-order valence-electron chi connectivity index (χ0n) is 24.3. The van der Waals surface area contributed by atoms with Gasteiger partial charge < -0.3 is 9.13 Å². The van der Waals surface area contributed by atoms with Gasteiger partial charge in [0.25, 0.3) is 0 Å². The summed E-state index contributed by atoms with van der Waals surface area (Å²) in [6.45, 7) is 0. The van der Waals surface area contributed by atoms with E-state index in [0.717, 1.165) is 5.69 Å². The molecule has 0 amide bonds. The van der Waals surface area contributed by atoms with E-state index in [4.69, 9.17) is 0 Å². The van der Waals surface area contributed by atoms with Crippen LogP contribution in [-0.4, -0.2) is 9.13 Å². The number of hydrogen-bond donors (Lipinski definition) is 0. The highest BCUT2D eigenvalue weighted by atomic mass is 32.1. The molecule has 0 N–H and O–H groups in total. The van der Waals surface area contributed by atoms with E-state index in [1.54, 1.807) is 0 Å². The summed E-state index contributed by atoms with van der Waals surface area (Å²) in [7, 11) is 0. The molecule has 0 spiro atoms. The third-order valence-electron chi connectivity index (χ3n) is 9.31. The van der Waals surface area contributed by atoms with Crippen molar-refractivity contribution in [3.8, 4) is 22.5 Å². The van der Waals surface area contributed by atoms with Gasteiger partial charge in [-0.1, -0.05) is 121 Å². The van der Waals surface area contributed by atoms with Crippen LogP contribution in [0.15, 0.2) is 158 Å². The molecule has 2 nitrogen and oxygen atoms in total. The number of aromatic nitrogens is 2. The van der Waals surface area contributed by atoms with Crippen LogP contribution in [0.2, 0.25) is 0 Å². The third-order valence-corrected chi connectivity index (χ3v) is 10.5. The maximum absolute atomic E-state index is 2.51. The highest BCUT2D eigenvalue weighted by molar-refractivity contribution is 7.26. The highest BCUT2D eigenvalue weighted by Gasteiger charge is 2.23. The normalized spacial score (nSPS) is 12.0. The number of fused-ring (bicyclic) bond motifs is 10. The van der Waals surface area contributed by atoms with E-state index in [0.29, 0.717) is 0 Å². The first-order valence-corrected chi connectivity index (χ1v) is 16.2. The van der Waals surface area contributed by atoms with Crippen LogP contribution in [-0.2, 0) is 0 Å². The maximum Gasteiger partial charge on any atom is 0.0782 e. The van der Waals surface area contributed by atoms with Gasteiger partial charge in [0.05, 0.1) is 27.8 Å². The molecule has 45 heavy (non-hydrogen) atoms. The lowest BCUT2D eigenvalue weighted by atomic mass is 10.0. The summed E-state index contributed by atoms with van der Waals surface area (Å²) in [4.78, 5) is 0. The number of para-hydroxylation sites is 4. The van der Waals surface area contributed by atoms with Crippen LogP contribution >= 0.6 is 11.3 Å². The Morgan fingerprint density at radius 1 is 0.400 bits per heavy atom. The van der Waals surface area contributed by atoms with E-state index in [-0.39, 0.29) is 0 Å². The van der Waals surface area contributed by atoms with Crippen LogP contribution in [0.3, 0.4) is 0 Å². The number of rotatable bonds is 3. The Morgan fingerprint density at radius 3 is 1.96 bits per heavy atom. The molecule has 7 aromatic carbocycles. The van der Waals surface area contributed by atoms with Crippen LogP contribution < -0.4 is 0 Å². The van der Waals surface area contributed by atoms with Crippen molar-refractivity contribution < 1.29 is 0 Å². The van der Waals surface area contributed by atoms with Gasteiger partial charge in [0.1, 0.15) is 0 Å². The molecule has 3 heterocycles. The van der Waals surface area contributed by atoms with Crippen molar-refractivity contribution in [1.82, 2.24) is 9.13 Å². The summed E-state index contributed by atoms with van der Waals surface area (Å²) in [5.74, 6) is 0. The Bertz CT molecular complexity index is 2740. The predicted molar refractivity (Wildman–Crippen MR) is 193 cm³/mol. The Kier molecular flexibility index (Phi) is 5.19. The fraction of sp³-hybridized carbons (Fsp3) is 0. The average molecular weight is 591 g/mol. The zero-order valence-corrected chi connectivity index (χ0v) is 25.1. The fourth-order valence-electron chi connectivity index (χ4n) is 7.46. The third kappa shape index (κ3) is 3.44. The number of thiophene rings is 1. The van der Waals surface area contributed by atoms with Crippen LogP contribution in [0.5, 0.6) is 0 Å². The van der Waals surface area contributed by atoms with Crippen LogP contribution in [0, 0.1) is 0 Å². The van der Waals surface area contributed by atoms with E-state index in [1.165, 1.54) is 80.6 Å². The molecule has 0 aliphatic carbocycles. The van der Waals surface area contributed by atoms with Crippen molar-refractivity contribution in [3.05, 3.63) is 158 Å². The summed E-state index contributed by atoms with van der Waals surface area (Å²) in [5.41, 5.74) is 9.67. The molecule has 0 bridgehead atoms. The number of benzene rings is 7. The van der Waals surface area contributed by atoms with Crippen LogP contribution in [0.1, 0.15) is 0 Å². The predicted octanol–water partition coefficient (Wildman–Crippen LogP) is 11.9. The van der Waals surface area contributed by atoms with Gasteiger partial charge in [-0.05, 0) is 42.0 Å². The van der Waals surface area contributed by atoms with E-state index in [9.17, 15) is 0 Å². The van der Waals surface area contributed by atoms with Crippen molar-refractivity contribution in [2.45, 2.75) is 0 Å². The second kappa shape index (κ2) is 9.43. The average Bonchev–Trinajstić information content (AvgIpc) is 3.77. The summed E-state index contributed by atoms with van der Waals surface area (Å²) in [6, 6.07) is 57.5. The van der Waals surface area contributed by atoms with Gasteiger partial charge in [-0.25, -0.2) is 0 Å². The maximum atomic E-state index is 2.51. The molecule has 3 aromatic heterocycles. The fourth-order valence-corrected chi connectivity index (χ4v) is 8.72. The first-order chi connectivity index (χ1) is 22.4. The van der Waals surface area contributed by atoms with Crippen molar-refractivity contribution in [2.75, 3.05) is 0 Å². The molecule has 0 fully saturated rings. The minimum atomic E-state index is 1.16. The summed E-state index contributed by atoms with van der Waals surface area (Å²) >= 11 is 1.90. The molecular weight excluding hydrogens is 565 g/mol. The monoisotopic (exact) mass is 590 g/mol. The van der Waals surface area contributed by atoms with E-state index in [1.807, 2.05) is 11.3 Å². The quantitative estimate of drug-likeness (QED) is 0.194. The van der Waals surface area contributed by atoms with Crippen LogP contribution in [0.25, 0.3) is 86.3 Å². The topological polar surface area (TPSA) is 9.86 Å². The molecule has 0 atom stereocenters. The first-order valence-electron chi connectivity index (χ1n) is 15.4. The highest BCUT2D eigenvalue weighted by Crippen LogP contribution is 2.46. The van der Waals surface area contributed by atoms with Crippen LogP contribution in [0.4, 0.5) is 0 Å². The van der Waals surface area contributed by atoms with Gasteiger partial charge in [-0.15, -0.1) is 11.3 Å². The molecule has 210 valence electrons. The Hall–Kier alpha value is -5.64. The molecule has 0 radical (unpaired) electrons. The second-order valence-electron chi connectivity index (χ2n) is 11.7. The van der Waals surface area contributed by atoms with Crippen molar-refractivity contribution >= 4 is 75.1 Å². The van der Waals surface area contributed by atoms with Gasteiger partial charge in [0.15, 0.2) is 0 Å². The standard InChI is InChI=1S/C42H26N2S/c1-3-13-27(14-4-1)29-19-11-20-32-30-17-7-9-22-35(30)44(40(29)32)37-23-12-21-34-39-36(43(41(34)37)28-15-5-2-6-16-28)26-25-33-31-18-8-10-24-38(31)45-42(33)39/h1-26H. The van der Waals surface area contributed by atoms with E-state index >= 15 is 0 Å². The van der Waals surface area contributed by atoms with Gasteiger partial charge in [-0.3, -0.25) is 0 Å². The van der Waals surface area contributed by atoms with Gasteiger partial charge in [0.2, 0.25) is 0 Å². The smallest absolute Gasteiger partial charge is 0.0782 e. The molecule has 10 rings (SSSR count). The SMILES string of the molecule is c1ccc(-c2cccc3c4ccccc4n(-c4cccc5c6c7sc8ccccc8c7ccc6n(-c6ccccc6)c45)c23)cc1. The van der Waals surface area contributed by atoms with Gasteiger partial charge in [0, 0.05) is 53.0 Å². The molecule has 0 aliphatic rings. The zero-order chi connectivity index (χ0) is 29.5. The summed E-state index contributed by atoms with van der Waals surface area (Å²) < 4.78 is 7.66. The summed E-state index contributed by atoms with van der Waals surface area (Å²) in [6.07, 6.45) is 0. The number of hydrogen-bond acceptors (Lipinski definition) is 1. The first kappa shape index (κ1) is 24.8. The molecule has 0 aliphatic heterocycles. The minimum absolute atomic E-state index is 1.16. The van der Waals surface area contributed by atoms with Crippen molar-refractivity contribution in [3.63, 3.8) is 0 Å². The van der Waals surface area contributed by atoms with Crippen molar-refractivity contribution in [2.24, 2.45) is 0 Å². The molecule has 10 aromatic rings. The van der Waals surface area contributed by atoms with E-state index < -0.39 is 0 Å². The van der Waals surface area contributed by atoms with E-state index in [2.05, 4.69) is 167 Å². The molecule has 0 unspecified atom stereocenters. The van der Waals surface area contributed by atoms with Gasteiger partial charge >= 0.3 is 0 Å². The molecule has 0 saturated heterocycles. The second-order valence-corrected chi connectivity index (χ2v) is 12.8. The Balaban J connectivity index is 1.44.